The number of hydrogen-bond acceptors (Lipinski definition) is 6. The molecule has 0 aromatic heterocycles. The van der Waals surface area contributed by atoms with Gasteiger partial charge in [0.25, 0.3) is 0 Å². The number of carbonyl (C=O) groups is 3. The van der Waals surface area contributed by atoms with Crippen LogP contribution in [0.2, 0.25) is 0 Å². The first-order valence-corrected chi connectivity index (χ1v) is 23.0. The van der Waals surface area contributed by atoms with Crippen LogP contribution >= 0.6 is 0 Å². The van der Waals surface area contributed by atoms with Gasteiger partial charge in [0.05, 0.1) is 18.3 Å². The van der Waals surface area contributed by atoms with Crippen molar-refractivity contribution in [1.82, 2.24) is 0 Å². The molecule has 2 N–H and O–H groups in total. The standard InChI is InChI=1S/C42H29F45O7/c1-13(88)4-7-17(11-23(45,46)26(50,51)30(58,59)29(56,57)25(49,39(76,77)78)40(79,80)81)20(91)94-15(3)6-9-18(12-24(47,48)28(54,55)31(60,61)33(64,65)34(66,67)36(70,71)38(74,75)42(85,86)87)21(92)93-14(2)5-8-16(19(89)90)10-22(43,44)27(52,53)32(62,63)35(68,69)37(72,73)41(82,83)84/h10-15,88H,4-9H2,1-3H3,(H,89,90). The van der Waals surface area contributed by atoms with Crippen LogP contribution in [0.4, 0.5) is 198 Å². The maximum atomic E-state index is 15.3. The average molecular weight is 1500 g/mol. The minimum Gasteiger partial charge on any atom is -0.478 e. The summed E-state index contributed by atoms with van der Waals surface area (Å²) in [5.41, 5.74) is -17.3. The molecule has 0 saturated heterocycles. The summed E-state index contributed by atoms with van der Waals surface area (Å²) in [7, 11) is 0. The van der Waals surface area contributed by atoms with Gasteiger partial charge < -0.3 is 19.7 Å². The summed E-state index contributed by atoms with van der Waals surface area (Å²) >= 11 is 0. The largest absolute Gasteiger partial charge is 0.478 e. The van der Waals surface area contributed by atoms with Crippen LogP contribution in [0.1, 0.15) is 59.3 Å². The molecular formula is C42H29F45O7. The van der Waals surface area contributed by atoms with Gasteiger partial charge in [-0.1, -0.05) is 0 Å². The van der Waals surface area contributed by atoms with Gasteiger partial charge >= 0.3 is 143 Å². The molecule has 0 spiro atoms. The second-order valence-electron chi connectivity index (χ2n) is 19.2. The van der Waals surface area contributed by atoms with Crippen LogP contribution in [0.15, 0.2) is 34.9 Å². The van der Waals surface area contributed by atoms with Crippen LogP contribution in [0.5, 0.6) is 0 Å². The third kappa shape index (κ3) is 14.8. The number of allylic oxidation sites excluding steroid dienone is 3. The van der Waals surface area contributed by atoms with E-state index >= 15 is 8.78 Å². The maximum absolute atomic E-state index is 15.3. The molecule has 3 unspecified atom stereocenters. The van der Waals surface area contributed by atoms with E-state index < -0.39 is 235 Å². The lowest BCUT2D eigenvalue weighted by Crippen LogP contribution is -2.75. The zero-order valence-corrected chi connectivity index (χ0v) is 44.2. The maximum Gasteiger partial charge on any atom is 0.460 e. The summed E-state index contributed by atoms with van der Waals surface area (Å²) in [6, 6.07) is 0. The lowest BCUT2D eigenvalue weighted by atomic mass is 9.85. The van der Waals surface area contributed by atoms with E-state index in [4.69, 9.17) is 5.11 Å². The molecule has 0 heterocycles. The lowest BCUT2D eigenvalue weighted by molar-refractivity contribution is -0.459. The summed E-state index contributed by atoms with van der Waals surface area (Å²) in [5, 5.41) is 18.5. The van der Waals surface area contributed by atoms with Crippen molar-refractivity contribution < 1.29 is 232 Å². The zero-order chi connectivity index (χ0) is 76.5. The lowest BCUT2D eigenvalue weighted by Gasteiger charge is -2.42. The van der Waals surface area contributed by atoms with Crippen LogP contribution in [-0.2, 0) is 23.9 Å². The average Bonchev–Trinajstić information content (AvgIpc) is 0.707. The molecule has 52 heteroatoms. The highest BCUT2D eigenvalue weighted by Gasteiger charge is 2.97. The Balaban J connectivity index is 8.23. The van der Waals surface area contributed by atoms with E-state index in [0.717, 1.165) is 0 Å². The highest BCUT2D eigenvalue weighted by molar-refractivity contribution is 5.90. The second kappa shape index (κ2) is 26.0. The highest BCUT2D eigenvalue weighted by atomic mass is 19.5. The van der Waals surface area contributed by atoms with Crippen molar-refractivity contribution >= 4 is 17.9 Å². The first kappa shape index (κ1) is 88.4. The Labute approximate surface area is 487 Å². The predicted molar refractivity (Wildman–Crippen MR) is 210 cm³/mol. The van der Waals surface area contributed by atoms with Crippen molar-refractivity contribution in [2.24, 2.45) is 0 Å². The van der Waals surface area contributed by atoms with Crippen molar-refractivity contribution in [2.75, 3.05) is 0 Å². The van der Waals surface area contributed by atoms with Gasteiger partial charge in [-0.15, -0.1) is 0 Å². The van der Waals surface area contributed by atoms with Gasteiger partial charge in [0.1, 0.15) is 0 Å². The fraction of sp³-hybridized carbons (Fsp3) is 0.786. The molecule has 0 radical (unpaired) electrons. The van der Waals surface area contributed by atoms with E-state index in [0.29, 0.717) is 6.92 Å². The number of carbonyl (C=O) groups excluding carboxylic acids is 2. The van der Waals surface area contributed by atoms with Gasteiger partial charge in [-0.05, 0) is 59.3 Å². The molecule has 94 heavy (non-hydrogen) atoms. The third-order valence-electron chi connectivity index (χ3n) is 12.1. The molecule has 554 valence electrons. The van der Waals surface area contributed by atoms with Gasteiger partial charge in [-0.2, -0.15) is 193 Å². The van der Waals surface area contributed by atoms with Crippen LogP contribution in [0.3, 0.4) is 0 Å². The smallest absolute Gasteiger partial charge is 0.460 e. The minimum atomic E-state index is -9.43. The fourth-order valence-corrected chi connectivity index (χ4v) is 6.45. The summed E-state index contributed by atoms with van der Waals surface area (Å²) in [4.78, 5) is 37.4. The van der Waals surface area contributed by atoms with E-state index in [9.17, 15) is 208 Å². The predicted octanol–water partition coefficient (Wildman–Crippen LogP) is 17.6. The third-order valence-corrected chi connectivity index (χ3v) is 12.1. The number of aliphatic hydroxyl groups excluding tert-OH is 1. The van der Waals surface area contributed by atoms with Crippen molar-refractivity contribution in [1.29, 1.82) is 0 Å². The molecule has 0 aliphatic rings. The first-order chi connectivity index (χ1) is 40.5. The van der Waals surface area contributed by atoms with Gasteiger partial charge in [-0.3, -0.25) is 0 Å². The van der Waals surface area contributed by atoms with Crippen molar-refractivity contribution in [3.8, 4) is 0 Å². The summed E-state index contributed by atoms with van der Waals surface area (Å²) < 4.78 is 631. The van der Waals surface area contributed by atoms with Gasteiger partial charge in [0.15, 0.2) is 0 Å². The van der Waals surface area contributed by atoms with Crippen molar-refractivity contribution in [2.45, 2.75) is 203 Å². The number of alkyl halides is 45. The molecule has 0 aromatic rings. The Morgan fingerprint density at radius 2 is 0.500 bits per heavy atom. The van der Waals surface area contributed by atoms with E-state index in [1.807, 2.05) is 0 Å². The molecule has 0 bridgehead atoms. The van der Waals surface area contributed by atoms with Gasteiger partial charge in [0, 0.05) is 34.9 Å². The normalized spacial score (nSPS) is 17.3. The molecule has 0 fully saturated rings. The highest BCUT2D eigenvalue weighted by Crippen LogP contribution is 2.67. The Bertz CT molecular complexity index is 2760. The number of carboxylic acids is 1. The van der Waals surface area contributed by atoms with Crippen molar-refractivity contribution in [3.05, 3.63) is 34.9 Å². The van der Waals surface area contributed by atoms with Gasteiger partial charge in [0.2, 0.25) is 0 Å². The summed E-state index contributed by atoms with van der Waals surface area (Å²) in [6.07, 6.45) is -60.9. The quantitative estimate of drug-likeness (QED) is 0.0404. The number of aliphatic hydroxyl groups is 1. The molecule has 7 nitrogen and oxygen atoms in total. The van der Waals surface area contributed by atoms with Crippen LogP contribution < -0.4 is 0 Å². The number of ether oxygens (including phenoxy) is 2. The molecule has 0 amide bonds. The SMILES string of the molecule is CC(O)CCC(=CC(F)(F)C(F)(F)C(F)(F)C(F)(F)C(F)(C(F)(F)F)C(F)(F)F)C(=O)OC(C)CCC(=CC(F)(F)C(F)(F)C(F)(F)C(F)(F)C(F)(F)C(F)(F)C(F)(F)C(F)(F)F)C(=O)OC(C)CCC(=CC(F)(F)C(F)(F)C(F)(F)C(F)(F)C(F)(F)C(F)(F)F)C(=O)O. The van der Waals surface area contributed by atoms with E-state index in [-0.39, 0.29) is 13.8 Å². The molecule has 0 rings (SSSR count). The molecule has 0 saturated carbocycles. The zero-order valence-electron chi connectivity index (χ0n) is 44.2. The Kier molecular flexibility index (Phi) is 24.5. The van der Waals surface area contributed by atoms with E-state index in [2.05, 4.69) is 9.47 Å². The molecule has 3 atom stereocenters. The van der Waals surface area contributed by atoms with Gasteiger partial charge in [-0.25, -0.2) is 18.8 Å². The number of rotatable bonds is 31. The number of esters is 2. The molecule has 0 aliphatic heterocycles. The Morgan fingerprint density at radius 1 is 0.298 bits per heavy atom. The van der Waals surface area contributed by atoms with Crippen LogP contribution in [-0.4, -0.2) is 172 Å². The number of aliphatic carboxylic acids is 1. The van der Waals surface area contributed by atoms with E-state index in [1.165, 1.54) is 0 Å². The summed E-state index contributed by atoms with van der Waals surface area (Å²) in [6.45, 7) is 0.378. The van der Waals surface area contributed by atoms with Crippen LogP contribution in [0.25, 0.3) is 0 Å². The van der Waals surface area contributed by atoms with E-state index in [1.54, 1.807) is 0 Å². The molecule has 0 aliphatic carbocycles. The molecule has 0 aromatic carbocycles. The second-order valence-corrected chi connectivity index (χ2v) is 19.2. The van der Waals surface area contributed by atoms with Crippen molar-refractivity contribution in [3.63, 3.8) is 0 Å². The minimum absolute atomic E-state index is 0.0370. The number of hydrogen-bond donors (Lipinski definition) is 2. The topological polar surface area (TPSA) is 110 Å². The number of halogens is 45. The first-order valence-electron chi connectivity index (χ1n) is 23.0. The molecular weight excluding hydrogens is 1470 g/mol. The number of carboxylic acid groups (broad SMARTS) is 1. The Hall–Kier alpha value is -5.56. The Morgan fingerprint density at radius 3 is 0.723 bits per heavy atom. The van der Waals surface area contributed by atoms with Crippen LogP contribution in [0, 0.1) is 0 Å². The summed E-state index contributed by atoms with van der Waals surface area (Å²) in [5.74, 6) is -148. The monoisotopic (exact) mass is 1500 g/mol. The fourth-order valence-electron chi connectivity index (χ4n) is 6.45.